The van der Waals surface area contributed by atoms with Crippen LogP contribution in [0.5, 0.6) is 0 Å². The molecule has 1 aliphatic rings. The van der Waals surface area contributed by atoms with Gasteiger partial charge in [0.25, 0.3) is 11.6 Å². The van der Waals surface area contributed by atoms with Crippen molar-refractivity contribution in [2.75, 3.05) is 0 Å². The fourth-order valence-corrected chi connectivity index (χ4v) is 4.23. The number of carbonyl (C=O) groups is 1. The number of hydrazine groups is 1. The third-order valence-electron chi connectivity index (χ3n) is 4.51. The highest BCUT2D eigenvalue weighted by Gasteiger charge is 2.63. The molecule has 3 aromatic rings. The van der Waals surface area contributed by atoms with E-state index in [0.29, 0.717) is 15.9 Å². The van der Waals surface area contributed by atoms with E-state index in [4.69, 9.17) is 0 Å². The van der Waals surface area contributed by atoms with Crippen molar-refractivity contribution in [3.05, 3.63) is 59.2 Å². The molecule has 0 spiro atoms. The maximum atomic E-state index is 13.4. The molecule has 1 atom stereocenters. The van der Waals surface area contributed by atoms with Crippen LogP contribution in [0.3, 0.4) is 0 Å². The molecule has 0 radical (unpaired) electrons. The molecule has 0 aliphatic carbocycles. The van der Waals surface area contributed by atoms with Crippen LogP contribution >= 0.6 is 11.3 Å². The monoisotopic (exact) mass is 408 g/mol. The van der Waals surface area contributed by atoms with Gasteiger partial charge in [-0.25, -0.2) is 9.69 Å². The molecule has 1 amide bonds. The molecule has 3 heterocycles. The van der Waals surface area contributed by atoms with E-state index in [2.05, 4.69) is 17.1 Å². The smallest absolute Gasteiger partial charge is 0.362 e. The first-order chi connectivity index (χ1) is 13.1. The number of halogens is 3. The van der Waals surface area contributed by atoms with Gasteiger partial charge < -0.3 is 5.11 Å². The summed E-state index contributed by atoms with van der Waals surface area (Å²) in [6.45, 7) is 5.17. The van der Waals surface area contributed by atoms with Crippen molar-refractivity contribution in [2.24, 2.45) is 0 Å². The average Bonchev–Trinajstić information content (AvgIpc) is 3.28. The molecule has 1 saturated heterocycles. The van der Waals surface area contributed by atoms with E-state index in [1.54, 1.807) is 11.6 Å². The van der Waals surface area contributed by atoms with E-state index in [1.165, 1.54) is 6.07 Å². The molecule has 1 aliphatic heterocycles. The molecule has 1 fully saturated rings. The zero-order valence-electron chi connectivity index (χ0n) is 14.6. The van der Waals surface area contributed by atoms with Gasteiger partial charge in [0.15, 0.2) is 0 Å². The Morgan fingerprint density at radius 1 is 1.36 bits per heavy atom. The number of nitrogens with one attached hydrogen (secondary N) is 1. The minimum Gasteiger partial charge on any atom is -0.362 e. The summed E-state index contributed by atoms with van der Waals surface area (Å²) < 4.78 is 41.8. The van der Waals surface area contributed by atoms with Crippen molar-refractivity contribution < 1.29 is 23.1 Å². The maximum absolute atomic E-state index is 13.4. The predicted molar refractivity (Wildman–Crippen MR) is 97.8 cm³/mol. The van der Waals surface area contributed by atoms with Gasteiger partial charge in [-0.3, -0.25) is 10.2 Å². The number of carbonyl (C=O) groups excluding carboxylic acids is 1. The third kappa shape index (κ3) is 2.68. The van der Waals surface area contributed by atoms with Crippen molar-refractivity contribution in [1.29, 1.82) is 0 Å². The second-order valence-electron chi connectivity index (χ2n) is 6.51. The number of benzene rings is 1. The molecule has 146 valence electrons. The highest BCUT2D eigenvalue weighted by Crippen LogP contribution is 2.42. The van der Waals surface area contributed by atoms with E-state index in [1.807, 2.05) is 30.3 Å². The second kappa shape index (κ2) is 6.08. The van der Waals surface area contributed by atoms with Gasteiger partial charge in [0.05, 0.1) is 16.3 Å². The fourth-order valence-electron chi connectivity index (χ4n) is 3.12. The number of para-hydroxylation sites is 1. The molecule has 4 rings (SSSR count). The maximum Gasteiger partial charge on any atom is 0.438 e. The lowest BCUT2D eigenvalue weighted by atomic mass is 10.1. The number of fused-ring (bicyclic) bond motifs is 1. The van der Waals surface area contributed by atoms with Gasteiger partial charge in [0.2, 0.25) is 0 Å². The number of amides is 1. The molecule has 1 aromatic carbocycles. The summed E-state index contributed by atoms with van der Waals surface area (Å²) in [4.78, 5) is 13.5. The SMILES string of the molecule is C=C1C[C@@](O)(C(F)(F)F)N(C(=O)c2cc3c(C)nn(-c4ccccc4)c3s2)N1. The lowest BCUT2D eigenvalue weighted by Crippen LogP contribution is -2.59. The van der Waals surface area contributed by atoms with Crippen LogP contribution in [0, 0.1) is 6.92 Å². The van der Waals surface area contributed by atoms with E-state index >= 15 is 0 Å². The van der Waals surface area contributed by atoms with Gasteiger partial charge in [-0.1, -0.05) is 24.8 Å². The van der Waals surface area contributed by atoms with Gasteiger partial charge in [-0.2, -0.15) is 18.3 Å². The first-order valence-electron chi connectivity index (χ1n) is 8.24. The van der Waals surface area contributed by atoms with Crippen LogP contribution < -0.4 is 5.43 Å². The Morgan fingerprint density at radius 3 is 2.68 bits per heavy atom. The fraction of sp³-hybridized carbons (Fsp3) is 0.222. The van der Waals surface area contributed by atoms with Gasteiger partial charge in [-0.15, -0.1) is 11.3 Å². The van der Waals surface area contributed by atoms with Crippen LogP contribution in [0.1, 0.15) is 21.8 Å². The minimum absolute atomic E-state index is 0.0463. The van der Waals surface area contributed by atoms with Gasteiger partial charge in [0, 0.05) is 17.5 Å². The Balaban J connectivity index is 1.78. The summed E-state index contributed by atoms with van der Waals surface area (Å²) in [5.41, 5.74) is 0.207. The number of aliphatic hydroxyl groups is 1. The van der Waals surface area contributed by atoms with Crippen molar-refractivity contribution in [1.82, 2.24) is 20.2 Å². The Morgan fingerprint density at radius 2 is 2.04 bits per heavy atom. The number of alkyl halides is 3. The third-order valence-corrected chi connectivity index (χ3v) is 5.61. The molecule has 0 unspecified atom stereocenters. The van der Waals surface area contributed by atoms with Crippen LogP contribution in [-0.4, -0.2) is 37.7 Å². The molecule has 0 saturated carbocycles. The van der Waals surface area contributed by atoms with Crippen LogP contribution in [0.2, 0.25) is 0 Å². The highest BCUT2D eigenvalue weighted by molar-refractivity contribution is 7.20. The van der Waals surface area contributed by atoms with E-state index < -0.39 is 24.2 Å². The van der Waals surface area contributed by atoms with Crippen molar-refractivity contribution in [3.63, 3.8) is 0 Å². The van der Waals surface area contributed by atoms with Crippen LogP contribution in [-0.2, 0) is 0 Å². The molecule has 6 nitrogen and oxygen atoms in total. The number of hydrogen-bond acceptors (Lipinski definition) is 5. The van der Waals surface area contributed by atoms with Crippen LogP contribution in [0.4, 0.5) is 13.2 Å². The van der Waals surface area contributed by atoms with Gasteiger partial charge >= 0.3 is 6.18 Å². The van der Waals surface area contributed by atoms with E-state index in [9.17, 15) is 23.1 Å². The normalized spacial score (nSPS) is 20.0. The number of thiophene rings is 1. The summed E-state index contributed by atoms with van der Waals surface area (Å²) in [6.07, 6.45) is -5.87. The van der Waals surface area contributed by atoms with E-state index in [0.717, 1.165) is 17.0 Å². The lowest BCUT2D eigenvalue weighted by Gasteiger charge is -2.33. The molecular formula is C18H15F3N4O2S. The quantitative estimate of drug-likeness (QED) is 0.681. The van der Waals surface area contributed by atoms with Crippen molar-refractivity contribution >= 4 is 27.5 Å². The molecular weight excluding hydrogens is 393 g/mol. The summed E-state index contributed by atoms with van der Waals surface area (Å²) in [6, 6.07) is 10.7. The molecule has 28 heavy (non-hydrogen) atoms. The number of hydrogen-bond donors (Lipinski definition) is 2. The predicted octanol–water partition coefficient (Wildman–Crippen LogP) is 3.51. The number of rotatable bonds is 2. The molecule has 2 N–H and O–H groups in total. The first-order valence-corrected chi connectivity index (χ1v) is 9.06. The Labute approximate surface area is 161 Å². The van der Waals surface area contributed by atoms with Crippen molar-refractivity contribution in [2.45, 2.75) is 25.2 Å². The van der Waals surface area contributed by atoms with E-state index in [-0.39, 0.29) is 15.6 Å². The number of aromatic nitrogens is 2. The Kier molecular flexibility index (Phi) is 4.02. The first kappa shape index (κ1) is 18.5. The average molecular weight is 408 g/mol. The van der Waals surface area contributed by atoms with Gasteiger partial charge in [-0.05, 0) is 25.1 Å². The van der Waals surface area contributed by atoms with Gasteiger partial charge in [0.1, 0.15) is 4.83 Å². The zero-order chi connectivity index (χ0) is 20.3. The van der Waals surface area contributed by atoms with Crippen LogP contribution in [0.15, 0.2) is 48.7 Å². The molecule has 0 bridgehead atoms. The summed E-state index contributed by atoms with van der Waals surface area (Å²) >= 11 is 1.01. The molecule has 2 aromatic heterocycles. The number of nitrogens with zero attached hydrogens (tertiary/aromatic N) is 3. The van der Waals surface area contributed by atoms with Crippen LogP contribution in [0.25, 0.3) is 15.9 Å². The Bertz CT molecular complexity index is 1090. The standard InChI is InChI=1S/C18H15F3N4O2S/c1-10-9-17(27,18(19,20)21)25(22-10)15(26)14-8-13-11(2)23-24(16(13)28-14)12-6-4-3-5-7-12/h3-8,22,27H,1,9H2,2H3/t17-/m1/s1. The zero-order valence-corrected chi connectivity index (χ0v) is 15.4. The van der Waals surface area contributed by atoms with Crippen molar-refractivity contribution in [3.8, 4) is 5.69 Å². The summed E-state index contributed by atoms with van der Waals surface area (Å²) in [7, 11) is 0. The highest BCUT2D eigenvalue weighted by atomic mass is 32.1. The minimum atomic E-state index is -5.04. The topological polar surface area (TPSA) is 70.4 Å². The lowest BCUT2D eigenvalue weighted by molar-refractivity contribution is -0.299. The summed E-state index contributed by atoms with van der Waals surface area (Å²) in [5.74, 6) is -0.987. The Hall–Kier alpha value is -2.85. The summed E-state index contributed by atoms with van der Waals surface area (Å²) in [5, 5.41) is 15.4. The second-order valence-corrected chi connectivity index (χ2v) is 7.54. The number of aryl methyl sites for hydroxylation is 1. The largest absolute Gasteiger partial charge is 0.438 e. The molecule has 10 heteroatoms.